The molecule has 0 bridgehead atoms. The second-order valence-electron chi connectivity index (χ2n) is 11.7. The fourth-order valence-electron chi connectivity index (χ4n) is 5.75. The van der Waals surface area contributed by atoms with Gasteiger partial charge in [0.15, 0.2) is 0 Å². The van der Waals surface area contributed by atoms with E-state index in [1.165, 1.54) is 22.3 Å². The topological polar surface area (TPSA) is 0 Å². The van der Waals surface area contributed by atoms with Crippen molar-refractivity contribution in [3.8, 4) is 11.1 Å². The summed E-state index contributed by atoms with van der Waals surface area (Å²) in [5.74, 6) is -0.193. The summed E-state index contributed by atoms with van der Waals surface area (Å²) in [5, 5.41) is 0. The average molecular weight is 493 g/mol. The van der Waals surface area contributed by atoms with Crippen molar-refractivity contribution in [2.24, 2.45) is 0 Å². The fraction of sp³-hybridized carbons (Fsp3) is 0.257. The predicted octanol–water partition coefficient (Wildman–Crippen LogP) is 10.1. The van der Waals surface area contributed by atoms with Gasteiger partial charge in [-0.3, -0.25) is 0 Å². The van der Waals surface area contributed by atoms with Crippen LogP contribution in [0, 0.1) is 0 Å². The Labute approximate surface area is 219 Å². The SMILES string of the molecule is CC(C)(C)c1ccc(C(CC(c2ccccc2)c2ccc3c(c2)-c2ccccc2C3(C)C)=C(F)F)cc1. The van der Waals surface area contributed by atoms with Gasteiger partial charge >= 0.3 is 0 Å². The van der Waals surface area contributed by atoms with Gasteiger partial charge in [0, 0.05) is 16.9 Å². The summed E-state index contributed by atoms with van der Waals surface area (Å²) in [7, 11) is 0. The monoisotopic (exact) mass is 492 g/mol. The molecule has 0 heterocycles. The summed E-state index contributed by atoms with van der Waals surface area (Å²) in [5.41, 5.74) is 8.85. The first-order chi connectivity index (χ1) is 17.6. The smallest absolute Gasteiger partial charge is 0.173 e. The van der Waals surface area contributed by atoms with Crippen LogP contribution in [0.25, 0.3) is 16.7 Å². The van der Waals surface area contributed by atoms with Crippen LogP contribution in [0.15, 0.2) is 103 Å². The maximum atomic E-state index is 14.5. The summed E-state index contributed by atoms with van der Waals surface area (Å²) in [6, 6.07) is 32.8. The maximum Gasteiger partial charge on any atom is 0.274 e. The summed E-state index contributed by atoms with van der Waals surface area (Å²) < 4.78 is 29.0. The lowest BCUT2D eigenvalue weighted by Gasteiger charge is -2.24. The van der Waals surface area contributed by atoms with Gasteiger partial charge in [0.25, 0.3) is 6.08 Å². The molecule has 0 aliphatic heterocycles. The summed E-state index contributed by atoms with van der Waals surface area (Å²) in [6.45, 7) is 10.9. The Bertz CT molecular complexity index is 1450. The highest BCUT2D eigenvalue weighted by Gasteiger charge is 2.35. The molecule has 2 heteroatoms. The van der Waals surface area contributed by atoms with Crippen molar-refractivity contribution in [2.45, 2.75) is 57.8 Å². The minimum absolute atomic E-state index is 0.0300. The summed E-state index contributed by atoms with van der Waals surface area (Å²) in [4.78, 5) is 0. The first-order valence-corrected chi connectivity index (χ1v) is 13.0. The molecular formula is C35H34F2. The van der Waals surface area contributed by atoms with Gasteiger partial charge in [0.2, 0.25) is 0 Å². The number of hydrogen-bond donors (Lipinski definition) is 0. The van der Waals surface area contributed by atoms with E-state index in [9.17, 15) is 8.78 Å². The van der Waals surface area contributed by atoms with Gasteiger partial charge in [-0.2, -0.15) is 8.78 Å². The van der Waals surface area contributed by atoms with Gasteiger partial charge in [0.1, 0.15) is 0 Å². The predicted molar refractivity (Wildman–Crippen MR) is 151 cm³/mol. The lowest BCUT2D eigenvalue weighted by Crippen LogP contribution is -2.15. The third-order valence-corrected chi connectivity index (χ3v) is 7.95. The Morgan fingerprint density at radius 3 is 1.97 bits per heavy atom. The minimum Gasteiger partial charge on any atom is -0.173 e. The average Bonchev–Trinajstić information content (AvgIpc) is 3.11. The van der Waals surface area contributed by atoms with Gasteiger partial charge in [0.05, 0.1) is 0 Å². The van der Waals surface area contributed by atoms with Crippen LogP contribution in [-0.4, -0.2) is 0 Å². The van der Waals surface area contributed by atoms with Crippen LogP contribution in [0.2, 0.25) is 0 Å². The molecule has 0 spiro atoms. The molecule has 188 valence electrons. The maximum absolute atomic E-state index is 14.5. The molecule has 5 rings (SSSR count). The normalized spacial score (nSPS) is 14.6. The van der Waals surface area contributed by atoms with Crippen LogP contribution < -0.4 is 0 Å². The largest absolute Gasteiger partial charge is 0.274 e. The van der Waals surface area contributed by atoms with E-state index in [-0.39, 0.29) is 28.7 Å². The van der Waals surface area contributed by atoms with Crippen molar-refractivity contribution in [3.05, 3.63) is 137 Å². The van der Waals surface area contributed by atoms with Crippen molar-refractivity contribution in [1.82, 2.24) is 0 Å². The van der Waals surface area contributed by atoms with Gasteiger partial charge in [-0.15, -0.1) is 0 Å². The molecule has 0 radical (unpaired) electrons. The fourth-order valence-corrected chi connectivity index (χ4v) is 5.75. The highest BCUT2D eigenvalue weighted by molar-refractivity contribution is 5.81. The molecule has 0 saturated heterocycles. The zero-order valence-electron chi connectivity index (χ0n) is 22.3. The molecule has 0 aromatic heterocycles. The molecule has 0 fully saturated rings. The zero-order valence-corrected chi connectivity index (χ0v) is 22.3. The van der Waals surface area contributed by atoms with E-state index in [0.29, 0.717) is 5.56 Å². The van der Waals surface area contributed by atoms with Gasteiger partial charge in [-0.25, -0.2) is 0 Å². The van der Waals surface area contributed by atoms with Crippen LogP contribution in [0.4, 0.5) is 8.78 Å². The molecule has 0 nitrogen and oxygen atoms in total. The Kier molecular flexibility index (Phi) is 6.40. The number of fused-ring (bicyclic) bond motifs is 3. The van der Waals surface area contributed by atoms with E-state index in [1.807, 2.05) is 54.6 Å². The lowest BCUT2D eigenvalue weighted by molar-refractivity contribution is 0.422. The van der Waals surface area contributed by atoms with Crippen LogP contribution in [0.5, 0.6) is 0 Å². The Balaban J connectivity index is 1.59. The van der Waals surface area contributed by atoms with E-state index in [1.54, 1.807) is 0 Å². The molecule has 1 atom stereocenters. The Hall–Kier alpha value is -3.52. The van der Waals surface area contributed by atoms with Crippen molar-refractivity contribution in [1.29, 1.82) is 0 Å². The standard InChI is InChI=1S/C35H34F2/c1-34(2,3)26-18-15-24(16-19-26)29(33(36)37)22-28(23-11-7-6-8-12-23)25-17-20-32-30(21-25)27-13-9-10-14-31(27)35(32,4)5/h6-21,28H,22H2,1-5H3. The molecule has 0 amide bonds. The third-order valence-electron chi connectivity index (χ3n) is 7.95. The van der Waals surface area contributed by atoms with Crippen LogP contribution >= 0.6 is 0 Å². The van der Waals surface area contributed by atoms with Gasteiger partial charge in [-0.05, 0) is 56.3 Å². The molecule has 37 heavy (non-hydrogen) atoms. The first kappa shape index (κ1) is 25.1. The van der Waals surface area contributed by atoms with Crippen molar-refractivity contribution >= 4 is 5.57 Å². The molecular weight excluding hydrogens is 458 g/mol. The van der Waals surface area contributed by atoms with E-state index < -0.39 is 6.08 Å². The number of halogens is 2. The second-order valence-corrected chi connectivity index (χ2v) is 11.7. The highest BCUT2D eigenvalue weighted by Crippen LogP contribution is 2.50. The van der Waals surface area contributed by atoms with Crippen molar-refractivity contribution < 1.29 is 8.78 Å². The molecule has 1 unspecified atom stereocenters. The Morgan fingerprint density at radius 2 is 1.32 bits per heavy atom. The van der Waals surface area contributed by atoms with Crippen LogP contribution in [0.3, 0.4) is 0 Å². The number of benzene rings is 4. The molecule has 4 aromatic rings. The molecule has 1 aliphatic carbocycles. The number of allylic oxidation sites excluding steroid dienone is 1. The van der Waals surface area contributed by atoms with E-state index in [0.717, 1.165) is 16.7 Å². The molecule has 0 saturated carbocycles. The highest BCUT2D eigenvalue weighted by atomic mass is 19.3. The zero-order chi connectivity index (χ0) is 26.4. The summed E-state index contributed by atoms with van der Waals surface area (Å²) >= 11 is 0. The van der Waals surface area contributed by atoms with Crippen LogP contribution in [-0.2, 0) is 10.8 Å². The van der Waals surface area contributed by atoms with Crippen LogP contribution in [0.1, 0.15) is 80.3 Å². The van der Waals surface area contributed by atoms with E-state index in [4.69, 9.17) is 0 Å². The van der Waals surface area contributed by atoms with E-state index >= 15 is 0 Å². The molecule has 4 aromatic carbocycles. The minimum atomic E-state index is -1.61. The first-order valence-electron chi connectivity index (χ1n) is 13.0. The van der Waals surface area contributed by atoms with Crippen molar-refractivity contribution in [3.63, 3.8) is 0 Å². The second kappa shape index (κ2) is 9.41. The Morgan fingerprint density at radius 1 is 0.703 bits per heavy atom. The molecule has 1 aliphatic rings. The lowest BCUT2D eigenvalue weighted by atomic mass is 9.80. The number of rotatable bonds is 5. The third kappa shape index (κ3) is 4.66. The quantitative estimate of drug-likeness (QED) is 0.260. The molecule has 0 N–H and O–H groups in total. The van der Waals surface area contributed by atoms with E-state index in [2.05, 4.69) is 77.1 Å². The summed E-state index contributed by atoms with van der Waals surface area (Å²) in [6.07, 6.45) is -1.39. The van der Waals surface area contributed by atoms with Crippen molar-refractivity contribution in [2.75, 3.05) is 0 Å². The van der Waals surface area contributed by atoms with Gasteiger partial charge < -0.3 is 0 Å². The number of hydrogen-bond acceptors (Lipinski definition) is 0. The van der Waals surface area contributed by atoms with Gasteiger partial charge in [-0.1, -0.05) is 132 Å².